The van der Waals surface area contributed by atoms with E-state index >= 15 is 0 Å². The Hall–Kier alpha value is -4.62. The molecule has 0 spiro atoms. The van der Waals surface area contributed by atoms with Crippen LogP contribution in [-0.2, 0) is 9.59 Å². The number of urea groups is 1. The van der Waals surface area contributed by atoms with Crippen molar-refractivity contribution in [1.29, 1.82) is 0 Å². The van der Waals surface area contributed by atoms with Gasteiger partial charge < -0.3 is 25.6 Å². The number of carbonyl (C=O) groups is 3. The number of hydrogen-bond acceptors (Lipinski definition) is 7. The van der Waals surface area contributed by atoms with Crippen molar-refractivity contribution < 1.29 is 27.9 Å². The monoisotopic (exact) mass is 619 g/mol. The molecule has 4 N–H and O–H groups in total. The maximum atomic E-state index is 15.0. The first-order chi connectivity index (χ1) is 21.8. The van der Waals surface area contributed by atoms with Gasteiger partial charge in [0.25, 0.3) is 0 Å². The van der Waals surface area contributed by atoms with Crippen LogP contribution in [0.1, 0.15) is 25.7 Å². The predicted molar refractivity (Wildman–Crippen MR) is 164 cm³/mol. The van der Waals surface area contributed by atoms with Gasteiger partial charge in [-0.1, -0.05) is 0 Å². The Morgan fingerprint density at radius 2 is 1.53 bits per heavy atom. The second kappa shape index (κ2) is 13.2. The van der Waals surface area contributed by atoms with E-state index in [4.69, 9.17) is 4.74 Å². The normalized spacial score (nSPS) is 18.1. The molecule has 1 aliphatic carbocycles. The Bertz CT molecular complexity index is 1550. The molecule has 0 radical (unpaired) electrons. The quantitative estimate of drug-likeness (QED) is 0.275. The third kappa shape index (κ3) is 7.21. The van der Waals surface area contributed by atoms with Gasteiger partial charge in [-0.3, -0.25) is 19.8 Å². The Morgan fingerprint density at radius 1 is 0.844 bits per heavy atom. The third-order valence-corrected chi connectivity index (χ3v) is 8.53. The summed E-state index contributed by atoms with van der Waals surface area (Å²) < 4.78 is 34.0. The molecular formula is C32H35F2N7O4. The molecule has 0 bridgehead atoms. The minimum atomic E-state index is -1.32. The zero-order chi connectivity index (χ0) is 31.4. The van der Waals surface area contributed by atoms with Crippen LogP contribution < -0.4 is 26.0 Å². The molecule has 236 valence electrons. The minimum Gasteiger partial charge on any atom is -0.457 e. The molecule has 45 heavy (non-hydrogen) atoms. The summed E-state index contributed by atoms with van der Waals surface area (Å²) >= 11 is 0. The second-order valence-electron chi connectivity index (χ2n) is 11.6. The number of nitrogens with one attached hydrogen (secondary N) is 4. The molecule has 3 heterocycles. The van der Waals surface area contributed by atoms with Crippen LogP contribution in [0.5, 0.6) is 11.5 Å². The van der Waals surface area contributed by atoms with Gasteiger partial charge in [0.2, 0.25) is 11.8 Å². The first kappa shape index (κ1) is 30.4. The van der Waals surface area contributed by atoms with Gasteiger partial charge in [-0.2, -0.15) is 0 Å². The van der Waals surface area contributed by atoms with E-state index in [0.29, 0.717) is 49.2 Å². The van der Waals surface area contributed by atoms with E-state index in [1.165, 1.54) is 42.6 Å². The number of pyridine rings is 1. The summed E-state index contributed by atoms with van der Waals surface area (Å²) in [6, 6.07) is 12.6. The number of hydrogen-bond donors (Lipinski definition) is 4. The molecule has 11 nitrogen and oxygen atoms in total. The summed E-state index contributed by atoms with van der Waals surface area (Å²) in [6.07, 6.45) is 3.96. The number of piperazine rings is 1. The van der Waals surface area contributed by atoms with Gasteiger partial charge in [-0.15, -0.1) is 0 Å². The molecule has 2 aromatic carbocycles. The van der Waals surface area contributed by atoms with E-state index in [1.807, 2.05) is 0 Å². The average Bonchev–Trinajstić information content (AvgIpc) is 3.87. The maximum Gasteiger partial charge on any atom is 0.323 e. The van der Waals surface area contributed by atoms with Crippen LogP contribution in [0.4, 0.5) is 30.8 Å². The number of carbonyl (C=O) groups excluding carboxylic acids is 3. The van der Waals surface area contributed by atoms with Gasteiger partial charge in [0.15, 0.2) is 0 Å². The highest BCUT2D eigenvalue weighted by molar-refractivity contribution is 6.16. The molecule has 2 saturated heterocycles. The lowest BCUT2D eigenvalue weighted by atomic mass is 10.0. The van der Waals surface area contributed by atoms with Gasteiger partial charge in [-0.05, 0) is 68.1 Å². The van der Waals surface area contributed by atoms with Crippen LogP contribution in [0, 0.1) is 17.0 Å². The summed E-state index contributed by atoms with van der Waals surface area (Å²) in [5.74, 6) is -1.55. The van der Waals surface area contributed by atoms with E-state index in [9.17, 15) is 23.2 Å². The van der Waals surface area contributed by atoms with Crippen LogP contribution in [0.15, 0.2) is 60.8 Å². The summed E-state index contributed by atoms with van der Waals surface area (Å²) in [7, 11) is 0. The standard InChI is InChI=1S/C32H35F2N7O4/c33-21-1-3-22(4-2-21)37-29(42)32(10-11-32)30(43)38-27-6-5-24(19-26(27)34)45-25-7-12-36-28(20-25)39-31(44)41-15-8-23(9-16-41)40-17-13-35-14-18-40/h1-7,12,19-20,23,35H,8-11,13-18H2,(H,37,42)(H,38,43)(H,36,39,44). The lowest BCUT2D eigenvalue weighted by Gasteiger charge is -2.40. The van der Waals surface area contributed by atoms with Crippen LogP contribution in [0.3, 0.4) is 0 Å². The van der Waals surface area contributed by atoms with Crippen molar-refractivity contribution in [2.75, 3.05) is 55.2 Å². The molecule has 1 saturated carbocycles. The van der Waals surface area contributed by atoms with Crippen molar-refractivity contribution in [3.05, 3.63) is 72.4 Å². The number of ether oxygens (including phenoxy) is 1. The van der Waals surface area contributed by atoms with E-state index < -0.39 is 28.9 Å². The Balaban J connectivity index is 1.01. The zero-order valence-electron chi connectivity index (χ0n) is 24.7. The summed E-state index contributed by atoms with van der Waals surface area (Å²) in [4.78, 5) is 47.2. The van der Waals surface area contributed by atoms with Gasteiger partial charge in [0.1, 0.15) is 34.4 Å². The summed E-state index contributed by atoms with van der Waals surface area (Å²) in [6.45, 7) is 5.40. The Labute approximate surface area is 259 Å². The molecular weight excluding hydrogens is 584 g/mol. The van der Waals surface area contributed by atoms with Crippen LogP contribution in [0.2, 0.25) is 0 Å². The average molecular weight is 620 g/mol. The highest BCUT2D eigenvalue weighted by Gasteiger charge is 2.56. The second-order valence-corrected chi connectivity index (χ2v) is 11.6. The highest BCUT2D eigenvalue weighted by Crippen LogP contribution is 2.47. The van der Waals surface area contributed by atoms with Crippen molar-refractivity contribution >= 4 is 35.0 Å². The van der Waals surface area contributed by atoms with E-state index in [-0.39, 0.29) is 17.5 Å². The van der Waals surface area contributed by atoms with Crippen LogP contribution >= 0.6 is 0 Å². The first-order valence-electron chi connectivity index (χ1n) is 15.1. The molecule has 3 fully saturated rings. The topological polar surface area (TPSA) is 128 Å². The smallest absolute Gasteiger partial charge is 0.323 e. The number of likely N-dealkylation sites (tertiary alicyclic amines) is 1. The fourth-order valence-corrected chi connectivity index (χ4v) is 5.72. The number of benzene rings is 2. The largest absolute Gasteiger partial charge is 0.457 e. The Morgan fingerprint density at radius 3 is 2.22 bits per heavy atom. The number of aromatic nitrogens is 1. The fraction of sp³-hybridized carbons (Fsp3) is 0.375. The molecule has 3 aliphatic rings. The molecule has 1 aromatic heterocycles. The molecule has 0 atom stereocenters. The van der Waals surface area contributed by atoms with Crippen LogP contribution in [0.25, 0.3) is 0 Å². The van der Waals surface area contributed by atoms with Crippen molar-refractivity contribution in [2.24, 2.45) is 5.41 Å². The molecule has 4 amide bonds. The molecule has 2 aliphatic heterocycles. The van der Waals surface area contributed by atoms with Gasteiger partial charge in [0, 0.05) is 69.3 Å². The summed E-state index contributed by atoms with van der Waals surface area (Å²) in [5.41, 5.74) is -1.07. The molecule has 3 aromatic rings. The molecule has 13 heteroatoms. The van der Waals surface area contributed by atoms with E-state index in [0.717, 1.165) is 45.1 Å². The first-order valence-corrected chi connectivity index (χ1v) is 15.1. The predicted octanol–water partition coefficient (Wildman–Crippen LogP) is 4.41. The van der Waals surface area contributed by atoms with Crippen molar-refractivity contribution in [3.63, 3.8) is 0 Å². The number of piperidine rings is 1. The van der Waals surface area contributed by atoms with Gasteiger partial charge >= 0.3 is 6.03 Å². The van der Waals surface area contributed by atoms with Crippen molar-refractivity contribution in [1.82, 2.24) is 20.1 Å². The van der Waals surface area contributed by atoms with E-state index in [2.05, 4.69) is 31.2 Å². The number of anilines is 3. The lowest BCUT2D eigenvalue weighted by molar-refractivity contribution is -0.131. The van der Waals surface area contributed by atoms with Crippen molar-refractivity contribution in [3.8, 4) is 11.5 Å². The van der Waals surface area contributed by atoms with Crippen molar-refractivity contribution in [2.45, 2.75) is 31.7 Å². The molecule has 6 rings (SSSR count). The number of rotatable bonds is 8. The fourth-order valence-electron chi connectivity index (χ4n) is 5.72. The SMILES string of the molecule is O=C(Nc1cc(Oc2ccc(NC(=O)C3(C(=O)Nc4ccc(F)cc4)CC3)c(F)c2)ccn1)N1CCC(N2CCNCC2)CC1. The number of amides is 4. The zero-order valence-corrected chi connectivity index (χ0v) is 24.7. The van der Waals surface area contributed by atoms with Gasteiger partial charge in [-0.25, -0.2) is 18.6 Å². The number of nitrogens with zero attached hydrogens (tertiary/aromatic N) is 3. The number of halogens is 2. The third-order valence-electron chi connectivity index (χ3n) is 8.53. The summed E-state index contributed by atoms with van der Waals surface area (Å²) in [5, 5.41) is 11.3. The minimum absolute atomic E-state index is 0.100. The lowest BCUT2D eigenvalue weighted by Crippen LogP contribution is -2.53. The highest BCUT2D eigenvalue weighted by atomic mass is 19.1. The van der Waals surface area contributed by atoms with Crippen LogP contribution in [-0.4, -0.2) is 77.9 Å². The Kier molecular flexibility index (Phi) is 8.90. The maximum absolute atomic E-state index is 15.0. The molecule has 0 unspecified atom stereocenters. The van der Waals surface area contributed by atoms with Gasteiger partial charge in [0.05, 0.1) is 5.69 Å². The van der Waals surface area contributed by atoms with E-state index in [1.54, 1.807) is 17.0 Å².